The van der Waals surface area contributed by atoms with Gasteiger partial charge in [-0.1, -0.05) is 38.1 Å². The molecule has 15 nitrogen and oxygen atoms in total. The lowest BCUT2D eigenvalue weighted by Crippen LogP contribution is -2.66. The average molecular weight is 841 g/mol. The van der Waals surface area contributed by atoms with Crippen LogP contribution in [0.4, 0.5) is 22.4 Å². The molecule has 2 aliphatic carbocycles. The Morgan fingerprint density at radius 3 is 2.31 bits per heavy atom. The lowest BCUT2D eigenvalue weighted by atomic mass is 9.85. The van der Waals surface area contributed by atoms with E-state index in [1.807, 2.05) is 11.6 Å². The number of benzene rings is 1. The molecule has 2 saturated carbocycles. The maximum Gasteiger partial charge on any atom is 0.411 e. The molecule has 0 bridgehead atoms. The first-order chi connectivity index (χ1) is 27.1. The first kappa shape index (κ1) is 42.8. The van der Waals surface area contributed by atoms with Crippen LogP contribution in [0.2, 0.25) is 0 Å². The summed E-state index contributed by atoms with van der Waals surface area (Å²) in [6, 6.07) is 3.30. The summed E-state index contributed by atoms with van der Waals surface area (Å²) in [6.07, 6.45) is -4.12. The number of carbonyl (C=O) groups is 4. The van der Waals surface area contributed by atoms with Crippen LogP contribution in [-0.2, 0) is 24.4 Å². The SMILES string of the molecule is COc1nnc(O[C@@H]2C[C@H]3C(=O)N[C@]4(C(=O)NS(=O)(=O)C5(CF)CC5)C[C@H]4/C=C\CC[C@@H](C)C[C@@H](C)[C@H](N(C(=O)O)C(C)(C)C(F)(F)F)C(=O)N3C2)c2ccccc12. The number of rotatable bonds is 9. The summed E-state index contributed by atoms with van der Waals surface area (Å²) < 4.78 is 96.0. The number of nitrogens with one attached hydrogen (secondary N) is 2. The van der Waals surface area contributed by atoms with Crippen LogP contribution in [0.3, 0.4) is 0 Å². The maximum absolute atomic E-state index is 15.0. The van der Waals surface area contributed by atoms with Crippen LogP contribution in [-0.4, -0.2) is 118 Å². The van der Waals surface area contributed by atoms with Crippen molar-refractivity contribution >= 4 is 44.6 Å². The van der Waals surface area contributed by atoms with Crippen LogP contribution in [0.15, 0.2) is 36.4 Å². The molecular formula is C38H48F4N6O9S. The van der Waals surface area contributed by atoms with E-state index < -0.39 is 99.1 Å². The van der Waals surface area contributed by atoms with Gasteiger partial charge in [-0.3, -0.25) is 24.0 Å². The molecule has 7 atom stereocenters. The molecule has 0 spiro atoms. The van der Waals surface area contributed by atoms with Crippen molar-refractivity contribution in [2.24, 2.45) is 17.8 Å². The van der Waals surface area contributed by atoms with Crippen LogP contribution >= 0.6 is 0 Å². The number of halogens is 4. The molecule has 1 aromatic carbocycles. The molecule has 2 aliphatic heterocycles. The van der Waals surface area contributed by atoms with Crippen LogP contribution in [0.5, 0.6) is 11.8 Å². The molecule has 0 radical (unpaired) electrons. The van der Waals surface area contributed by atoms with Crippen LogP contribution < -0.4 is 19.5 Å². The first-order valence-electron chi connectivity index (χ1n) is 19.1. The largest absolute Gasteiger partial charge is 0.479 e. The number of allylic oxidation sites excluding steroid dienone is 1. The first-order valence-corrected chi connectivity index (χ1v) is 20.6. The summed E-state index contributed by atoms with van der Waals surface area (Å²) >= 11 is 0. The number of aromatic nitrogens is 2. The van der Waals surface area contributed by atoms with E-state index in [2.05, 4.69) is 15.5 Å². The molecule has 6 rings (SSSR count). The van der Waals surface area contributed by atoms with Crippen molar-refractivity contribution in [2.75, 3.05) is 20.3 Å². The van der Waals surface area contributed by atoms with Gasteiger partial charge in [-0.25, -0.2) is 17.6 Å². The molecule has 0 unspecified atom stereocenters. The maximum atomic E-state index is 15.0. The molecule has 3 fully saturated rings. The summed E-state index contributed by atoms with van der Waals surface area (Å²) in [7, 11) is -3.11. The standard InChI is InChI=1S/C38H48F4N6O9S/c1-21-10-6-7-11-23-18-37(23,33(51)46-58(54,55)36(20-39)14-15-36)43-29(49)27-17-24(57-31-26-13-9-8-12-25(26)30(56-5)44-45-31)19-47(27)32(50)28(22(2)16-21)48(34(52)53)35(3,4)38(40,41)42/h7-9,11-13,21-24,27-28H,6,10,14-20H2,1-5H3,(H,43,49)(H,46,51)(H,52,53)/b11-7-/t21-,22-,23-,24-,27+,28+,37-/m1/s1. The molecule has 1 aromatic heterocycles. The molecule has 4 amide bonds. The summed E-state index contributed by atoms with van der Waals surface area (Å²) in [5.41, 5.74) is -4.91. The Labute approximate surface area is 332 Å². The number of methoxy groups -OCH3 is 1. The zero-order valence-electron chi connectivity index (χ0n) is 32.7. The van der Waals surface area contributed by atoms with E-state index in [9.17, 15) is 50.3 Å². The number of carbonyl (C=O) groups excluding carboxylic acids is 3. The summed E-state index contributed by atoms with van der Waals surface area (Å²) in [6.45, 7) is 2.99. The number of hydrogen-bond donors (Lipinski definition) is 3. The number of fused-ring (bicyclic) bond motifs is 3. The molecular weight excluding hydrogens is 793 g/mol. The van der Waals surface area contributed by atoms with E-state index in [0.717, 1.165) is 4.90 Å². The Morgan fingerprint density at radius 1 is 1.09 bits per heavy atom. The van der Waals surface area contributed by atoms with E-state index in [-0.39, 0.29) is 54.7 Å². The van der Waals surface area contributed by atoms with Gasteiger partial charge in [-0.05, 0) is 76.3 Å². The lowest BCUT2D eigenvalue weighted by molar-refractivity contribution is -0.222. The zero-order valence-corrected chi connectivity index (χ0v) is 33.5. The van der Waals surface area contributed by atoms with Crippen molar-refractivity contribution in [2.45, 2.75) is 113 Å². The van der Waals surface area contributed by atoms with Crippen molar-refractivity contribution in [3.05, 3.63) is 36.4 Å². The molecule has 3 N–H and O–H groups in total. The molecule has 20 heteroatoms. The number of hydrogen-bond acceptors (Lipinski definition) is 10. The summed E-state index contributed by atoms with van der Waals surface area (Å²) in [5.74, 6) is -4.93. The molecule has 58 heavy (non-hydrogen) atoms. The third kappa shape index (κ3) is 7.75. The Kier molecular flexibility index (Phi) is 11.4. The van der Waals surface area contributed by atoms with Gasteiger partial charge in [-0.2, -0.15) is 13.2 Å². The lowest BCUT2D eigenvalue weighted by Gasteiger charge is -2.45. The predicted molar refractivity (Wildman–Crippen MR) is 200 cm³/mol. The van der Waals surface area contributed by atoms with Crippen molar-refractivity contribution in [3.63, 3.8) is 0 Å². The molecule has 318 valence electrons. The Hall–Kier alpha value is -4.75. The third-order valence-corrected chi connectivity index (χ3v) is 14.2. The fourth-order valence-corrected chi connectivity index (χ4v) is 9.61. The van der Waals surface area contributed by atoms with Gasteiger partial charge in [0.2, 0.25) is 33.6 Å². The van der Waals surface area contributed by atoms with Gasteiger partial charge in [-0.15, -0.1) is 10.2 Å². The van der Waals surface area contributed by atoms with E-state index in [0.29, 0.717) is 37.5 Å². The number of nitrogens with zero attached hydrogens (tertiary/aromatic N) is 4. The second-order valence-corrected chi connectivity index (χ2v) is 18.6. The van der Waals surface area contributed by atoms with Crippen molar-refractivity contribution in [1.82, 2.24) is 30.0 Å². The third-order valence-electron chi connectivity index (χ3n) is 12.1. The predicted octanol–water partition coefficient (Wildman–Crippen LogP) is 4.51. The molecule has 1 saturated heterocycles. The number of ether oxygens (including phenoxy) is 2. The zero-order chi connectivity index (χ0) is 42.6. The highest BCUT2D eigenvalue weighted by molar-refractivity contribution is 7.91. The highest BCUT2D eigenvalue weighted by Gasteiger charge is 2.64. The van der Waals surface area contributed by atoms with Gasteiger partial charge in [0.1, 0.15) is 40.7 Å². The van der Waals surface area contributed by atoms with Gasteiger partial charge < -0.3 is 24.8 Å². The quantitative estimate of drug-likeness (QED) is 0.237. The fraction of sp³-hybridized carbons (Fsp3) is 0.632. The van der Waals surface area contributed by atoms with Crippen LogP contribution in [0, 0.1) is 17.8 Å². The van der Waals surface area contributed by atoms with Gasteiger partial charge in [0.05, 0.1) is 24.4 Å². The normalized spacial score (nSPS) is 29.5. The van der Waals surface area contributed by atoms with Crippen LogP contribution in [0.25, 0.3) is 10.8 Å². The molecule has 3 heterocycles. The average Bonchev–Trinajstić information content (AvgIpc) is 4.06. The van der Waals surface area contributed by atoms with Crippen LogP contribution in [0.1, 0.15) is 72.6 Å². The minimum atomic E-state index is -5.12. The summed E-state index contributed by atoms with van der Waals surface area (Å²) in [4.78, 5) is 57.3. The smallest absolute Gasteiger partial charge is 0.411 e. The Morgan fingerprint density at radius 2 is 1.72 bits per heavy atom. The van der Waals surface area contributed by atoms with Gasteiger partial charge in [0, 0.05) is 12.3 Å². The highest BCUT2D eigenvalue weighted by atomic mass is 32.2. The topological polar surface area (TPSA) is 197 Å². The van der Waals surface area contributed by atoms with E-state index in [1.165, 1.54) is 14.0 Å². The fourth-order valence-electron chi connectivity index (χ4n) is 8.19. The second kappa shape index (κ2) is 15.4. The van der Waals surface area contributed by atoms with E-state index in [4.69, 9.17) is 9.47 Å². The van der Waals surface area contributed by atoms with Crippen molar-refractivity contribution < 1.29 is 59.7 Å². The van der Waals surface area contributed by atoms with Crippen molar-refractivity contribution in [3.8, 4) is 11.8 Å². The number of alkyl halides is 4. The van der Waals surface area contributed by atoms with E-state index in [1.54, 1.807) is 36.4 Å². The van der Waals surface area contributed by atoms with Gasteiger partial charge in [0.25, 0.3) is 5.91 Å². The van der Waals surface area contributed by atoms with E-state index >= 15 is 0 Å². The van der Waals surface area contributed by atoms with Gasteiger partial charge >= 0.3 is 12.3 Å². The monoisotopic (exact) mass is 840 g/mol. The van der Waals surface area contributed by atoms with Gasteiger partial charge in [0.15, 0.2) is 0 Å². The Balaban J connectivity index is 1.42. The summed E-state index contributed by atoms with van der Waals surface area (Å²) in [5, 5.41) is 22.2. The molecule has 4 aliphatic rings. The second-order valence-electron chi connectivity index (χ2n) is 16.5. The molecule has 2 aromatic rings. The number of sulfonamides is 1. The number of carboxylic acid groups (broad SMARTS) is 1. The minimum absolute atomic E-state index is 0.000520. The van der Waals surface area contributed by atoms with Crippen molar-refractivity contribution in [1.29, 1.82) is 0 Å². The number of amides is 4. The Bertz CT molecular complexity index is 2100. The minimum Gasteiger partial charge on any atom is -0.479 e. The highest BCUT2D eigenvalue weighted by Crippen LogP contribution is 2.48.